The van der Waals surface area contributed by atoms with Crippen LogP contribution in [0.3, 0.4) is 0 Å². The SMILES string of the molecule is Cc1cc(C(=O)N2Cc3c(c(=O)n(-c4ccc(C(=O)N(C)CO)cc4)c4c(CC5CC5)cnn34)C[C@@H]2C)ccc1Br. The van der Waals surface area contributed by atoms with Gasteiger partial charge in [-0.25, -0.2) is 4.52 Å². The molecule has 6 rings (SSSR count). The number of hydrogen-bond acceptors (Lipinski definition) is 5. The van der Waals surface area contributed by atoms with E-state index in [1.165, 1.54) is 11.9 Å². The standard InChI is InChI=1S/C31H32BrN5O4/c1-18-12-22(8-11-26(18)32)30(40)35-16-27-25(13-19(35)2)31(41)36(28-23(14-20-4-5-20)15-33-37(27)28)24-9-6-21(7-10-24)29(39)34(3)17-38/h6-12,15,19-20,38H,4-5,13-14,16-17H2,1-3H3/t19-/m0/s1. The number of amides is 2. The number of aromatic nitrogens is 3. The lowest BCUT2D eigenvalue weighted by Gasteiger charge is -2.35. The molecule has 2 aromatic heterocycles. The van der Waals surface area contributed by atoms with Gasteiger partial charge in [-0.1, -0.05) is 15.9 Å². The summed E-state index contributed by atoms with van der Waals surface area (Å²) in [4.78, 5) is 43.5. The fraction of sp³-hybridized carbons (Fsp3) is 0.355. The van der Waals surface area contributed by atoms with E-state index in [-0.39, 0.29) is 36.7 Å². The quantitative estimate of drug-likeness (QED) is 0.328. The van der Waals surface area contributed by atoms with Crippen molar-refractivity contribution in [1.29, 1.82) is 0 Å². The molecule has 3 heterocycles. The summed E-state index contributed by atoms with van der Waals surface area (Å²) < 4.78 is 4.49. The summed E-state index contributed by atoms with van der Waals surface area (Å²) >= 11 is 3.51. The highest BCUT2D eigenvalue weighted by molar-refractivity contribution is 9.10. The van der Waals surface area contributed by atoms with Gasteiger partial charge in [0.25, 0.3) is 17.4 Å². The number of aliphatic hydroxyl groups excluding tert-OH is 1. The van der Waals surface area contributed by atoms with Crippen LogP contribution in [0.5, 0.6) is 0 Å². The number of rotatable bonds is 6. The zero-order valence-corrected chi connectivity index (χ0v) is 24.9. The van der Waals surface area contributed by atoms with Crippen LogP contribution in [0.1, 0.15) is 62.9 Å². The fourth-order valence-corrected chi connectivity index (χ4v) is 5.90. The summed E-state index contributed by atoms with van der Waals surface area (Å²) in [5.74, 6) is 0.199. The third-order valence-electron chi connectivity index (χ3n) is 8.25. The van der Waals surface area contributed by atoms with Crippen molar-refractivity contribution in [1.82, 2.24) is 24.0 Å². The maximum absolute atomic E-state index is 14.2. The van der Waals surface area contributed by atoms with Crippen LogP contribution >= 0.6 is 15.9 Å². The Morgan fingerprint density at radius 1 is 1.12 bits per heavy atom. The number of aliphatic hydroxyl groups is 1. The third kappa shape index (κ3) is 4.89. The van der Waals surface area contributed by atoms with Crippen molar-refractivity contribution in [2.24, 2.45) is 5.92 Å². The van der Waals surface area contributed by atoms with E-state index in [9.17, 15) is 19.5 Å². The van der Waals surface area contributed by atoms with Crippen LogP contribution in [0.25, 0.3) is 11.3 Å². The Labute approximate surface area is 246 Å². The Morgan fingerprint density at radius 2 is 1.83 bits per heavy atom. The minimum Gasteiger partial charge on any atom is -0.376 e. The number of nitrogens with zero attached hydrogens (tertiary/aromatic N) is 5. The third-order valence-corrected chi connectivity index (χ3v) is 9.14. The van der Waals surface area contributed by atoms with Gasteiger partial charge in [-0.05, 0) is 93.5 Å². The first kappa shape index (κ1) is 27.4. The van der Waals surface area contributed by atoms with Gasteiger partial charge < -0.3 is 14.9 Å². The number of carbonyl (C=O) groups excluding carboxylic acids is 2. The van der Waals surface area contributed by atoms with E-state index in [4.69, 9.17) is 5.10 Å². The molecule has 2 amide bonds. The van der Waals surface area contributed by atoms with E-state index in [0.29, 0.717) is 40.4 Å². The summed E-state index contributed by atoms with van der Waals surface area (Å²) in [6.45, 7) is 3.83. The smallest absolute Gasteiger partial charge is 0.261 e. The molecule has 0 bridgehead atoms. The molecule has 212 valence electrons. The average Bonchev–Trinajstić information content (AvgIpc) is 3.71. The van der Waals surface area contributed by atoms with Crippen molar-refractivity contribution in [2.45, 2.75) is 52.1 Å². The molecule has 1 saturated carbocycles. The van der Waals surface area contributed by atoms with E-state index in [1.807, 2.05) is 47.7 Å². The Kier molecular flexibility index (Phi) is 7.07. The van der Waals surface area contributed by atoms with Gasteiger partial charge in [0.15, 0.2) is 0 Å². The minimum atomic E-state index is -0.384. The first-order valence-electron chi connectivity index (χ1n) is 13.8. The van der Waals surface area contributed by atoms with Crippen molar-refractivity contribution >= 4 is 33.4 Å². The summed E-state index contributed by atoms with van der Waals surface area (Å²) in [5, 5.41) is 14.1. The number of carbonyl (C=O) groups is 2. The zero-order chi connectivity index (χ0) is 29.0. The molecule has 1 N–H and O–H groups in total. The normalized spacial score (nSPS) is 16.6. The molecule has 1 aliphatic carbocycles. The van der Waals surface area contributed by atoms with Crippen LogP contribution in [0.2, 0.25) is 0 Å². The predicted molar refractivity (Wildman–Crippen MR) is 158 cm³/mol. The molecule has 2 aliphatic rings. The molecule has 0 spiro atoms. The second kappa shape index (κ2) is 10.6. The number of hydrogen-bond donors (Lipinski definition) is 1. The Bertz CT molecular complexity index is 1740. The topological polar surface area (TPSA) is 100 Å². The Hall–Kier alpha value is -3.76. The second-order valence-electron chi connectivity index (χ2n) is 11.3. The monoisotopic (exact) mass is 617 g/mol. The van der Waals surface area contributed by atoms with Crippen LogP contribution in [-0.4, -0.2) is 60.7 Å². The molecule has 10 heteroatoms. The molecule has 9 nitrogen and oxygen atoms in total. The van der Waals surface area contributed by atoms with Crippen LogP contribution in [0, 0.1) is 12.8 Å². The minimum absolute atomic E-state index is 0.0745. The maximum atomic E-state index is 14.2. The van der Waals surface area contributed by atoms with Gasteiger partial charge in [0.1, 0.15) is 12.4 Å². The van der Waals surface area contributed by atoms with Gasteiger partial charge in [0, 0.05) is 39.8 Å². The van der Waals surface area contributed by atoms with Crippen molar-refractivity contribution in [2.75, 3.05) is 13.8 Å². The molecule has 4 aromatic rings. The molecule has 1 aliphatic heterocycles. The summed E-state index contributed by atoms with van der Waals surface area (Å²) in [6.07, 6.45) is 5.40. The van der Waals surface area contributed by atoms with Gasteiger partial charge in [-0.3, -0.25) is 19.0 Å². The lowest BCUT2D eigenvalue weighted by Crippen LogP contribution is -2.46. The van der Waals surface area contributed by atoms with E-state index in [0.717, 1.165) is 40.6 Å². The Morgan fingerprint density at radius 3 is 2.49 bits per heavy atom. The van der Waals surface area contributed by atoms with E-state index in [1.54, 1.807) is 28.8 Å². The Balaban J connectivity index is 1.46. The average molecular weight is 619 g/mol. The molecule has 0 saturated heterocycles. The maximum Gasteiger partial charge on any atom is 0.261 e. The molecular formula is C31H32BrN5O4. The number of fused-ring (bicyclic) bond motifs is 3. The van der Waals surface area contributed by atoms with Crippen molar-refractivity contribution in [3.8, 4) is 5.69 Å². The summed E-state index contributed by atoms with van der Waals surface area (Å²) in [6, 6.07) is 12.3. The molecular weight excluding hydrogens is 586 g/mol. The lowest BCUT2D eigenvalue weighted by atomic mass is 9.98. The number of halogens is 1. The second-order valence-corrected chi connectivity index (χ2v) is 12.1. The van der Waals surface area contributed by atoms with Gasteiger partial charge in [0.2, 0.25) is 0 Å². The van der Waals surface area contributed by atoms with Crippen LogP contribution in [0.4, 0.5) is 0 Å². The van der Waals surface area contributed by atoms with Crippen molar-refractivity contribution in [3.63, 3.8) is 0 Å². The van der Waals surface area contributed by atoms with Crippen molar-refractivity contribution in [3.05, 3.63) is 97.0 Å². The van der Waals surface area contributed by atoms with E-state index < -0.39 is 0 Å². The number of aryl methyl sites for hydroxylation is 1. The highest BCUT2D eigenvalue weighted by Gasteiger charge is 2.34. The first-order valence-corrected chi connectivity index (χ1v) is 14.6. The molecule has 1 fully saturated rings. The van der Waals surface area contributed by atoms with E-state index >= 15 is 0 Å². The summed E-state index contributed by atoms with van der Waals surface area (Å²) in [5.41, 5.74) is 5.60. The van der Waals surface area contributed by atoms with Crippen LogP contribution < -0.4 is 5.56 Å². The molecule has 1 atom stereocenters. The zero-order valence-electron chi connectivity index (χ0n) is 23.3. The molecule has 0 unspecified atom stereocenters. The van der Waals surface area contributed by atoms with E-state index in [2.05, 4.69) is 15.9 Å². The molecule has 0 radical (unpaired) electrons. The fourth-order valence-electron chi connectivity index (χ4n) is 5.65. The highest BCUT2D eigenvalue weighted by Crippen LogP contribution is 2.35. The molecule has 41 heavy (non-hydrogen) atoms. The van der Waals surface area contributed by atoms with Crippen LogP contribution in [-0.2, 0) is 19.4 Å². The first-order chi connectivity index (χ1) is 19.7. The number of benzene rings is 2. The van der Waals surface area contributed by atoms with Crippen molar-refractivity contribution < 1.29 is 14.7 Å². The highest BCUT2D eigenvalue weighted by atomic mass is 79.9. The molecule has 2 aromatic carbocycles. The van der Waals surface area contributed by atoms with Crippen LogP contribution in [0.15, 0.2) is 57.9 Å². The van der Waals surface area contributed by atoms with Gasteiger partial charge in [0.05, 0.1) is 24.1 Å². The van der Waals surface area contributed by atoms with Gasteiger partial charge in [-0.2, -0.15) is 5.10 Å². The largest absolute Gasteiger partial charge is 0.376 e. The predicted octanol–water partition coefficient (Wildman–Crippen LogP) is 4.12. The summed E-state index contributed by atoms with van der Waals surface area (Å²) in [7, 11) is 1.53. The lowest BCUT2D eigenvalue weighted by molar-refractivity contribution is 0.0626. The van der Waals surface area contributed by atoms with Gasteiger partial charge >= 0.3 is 0 Å². The van der Waals surface area contributed by atoms with Gasteiger partial charge in [-0.15, -0.1) is 0 Å².